The summed E-state index contributed by atoms with van der Waals surface area (Å²) in [6, 6.07) is 0. The third-order valence-corrected chi connectivity index (χ3v) is 5.27. The lowest BCUT2D eigenvalue weighted by Crippen LogP contribution is -2.36. The summed E-state index contributed by atoms with van der Waals surface area (Å²) in [5.41, 5.74) is 0.270. The van der Waals surface area contributed by atoms with Crippen molar-refractivity contribution in [1.29, 1.82) is 0 Å². The fourth-order valence-corrected chi connectivity index (χ4v) is 4.46. The van der Waals surface area contributed by atoms with Gasteiger partial charge in [-0.3, -0.25) is 14.5 Å². The van der Waals surface area contributed by atoms with E-state index in [0.717, 1.165) is 0 Å². The summed E-state index contributed by atoms with van der Waals surface area (Å²) in [5.74, 6) is 0.253. The van der Waals surface area contributed by atoms with Crippen LogP contribution in [0.25, 0.3) is 0 Å². The van der Waals surface area contributed by atoms with Gasteiger partial charge in [0.25, 0.3) is 0 Å². The molecule has 1 N–H and O–H groups in total. The highest BCUT2D eigenvalue weighted by Gasteiger charge is 2.73. The Hall–Kier alpha value is -1.16. The van der Waals surface area contributed by atoms with Crippen molar-refractivity contribution >= 4 is 11.8 Å². The van der Waals surface area contributed by atoms with Crippen molar-refractivity contribution in [2.75, 3.05) is 13.2 Å². The maximum absolute atomic E-state index is 12.3. The van der Waals surface area contributed by atoms with Gasteiger partial charge in [0.2, 0.25) is 11.8 Å². The van der Waals surface area contributed by atoms with Gasteiger partial charge in [-0.1, -0.05) is 12.2 Å². The van der Waals surface area contributed by atoms with Crippen molar-refractivity contribution in [3.8, 4) is 0 Å². The number of likely N-dealkylation sites (tertiary alicyclic amines) is 1. The number of carbonyl (C=O) groups is 2. The van der Waals surface area contributed by atoms with Gasteiger partial charge in [0, 0.05) is 0 Å². The normalized spacial score (nSPS) is 43.9. The number of carbonyl (C=O) groups excluding carboxylic acids is 2. The third-order valence-electron chi connectivity index (χ3n) is 5.27. The number of hydrogen-bond acceptors (Lipinski definition) is 3. The molecule has 2 bridgehead atoms. The first kappa shape index (κ1) is 9.83. The Labute approximate surface area is 99.3 Å². The van der Waals surface area contributed by atoms with Gasteiger partial charge >= 0.3 is 0 Å². The fourth-order valence-electron chi connectivity index (χ4n) is 4.46. The molecule has 0 aromatic heterocycles. The molecule has 0 radical (unpaired) electrons. The number of allylic oxidation sites excluding steroid dienone is 2. The zero-order valence-electron chi connectivity index (χ0n) is 9.50. The molecule has 1 spiro atoms. The first-order valence-corrected chi connectivity index (χ1v) is 6.35. The van der Waals surface area contributed by atoms with Crippen LogP contribution in [0.1, 0.15) is 12.8 Å². The highest BCUT2D eigenvalue weighted by molar-refractivity contribution is 6.06. The number of rotatable bonds is 2. The number of β-amino-alcohol motifs (C(OH)–C–C–N with tert-alkyl or cyclic N) is 1. The minimum atomic E-state index is -0.134. The van der Waals surface area contributed by atoms with E-state index in [4.69, 9.17) is 5.11 Å². The van der Waals surface area contributed by atoms with Gasteiger partial charge < -0.3 is 5.11 Å². The second kappa shape index (κ2) is 2.80. The number of fused-ring (bicyclic) bond motifs is 3. The highest BCUT2D eigenvalue weighted by atomic mass is 16.3. The summed E-state index contributed by atoms with van der Waals surface area (Å²) in [6.07, 6.45) is 6.66. The number of aliphatic hydroxyl groups excluding tert-OH is 1. The summed E-state index contributed by atoms with van der Waals surface area (Å²) in [6.45, 7) is 0.0297. The number of hydrogen-bond donors (Lipinski definition) is 1. The molecule has 90 valence electrons. The van der Waals surface area contributed by atoms with Gasteiger partial charge in [-0.15, -0.1) is 0 Å². The molecule has 3 aliphatic carbocycles. The quantitative estimate of drug-likeness (QED) is 0.546. The van der Waals surface area contributed by atoms with Crippen molar-refractivity contribution in [2.24, 2.45) is 29.1 Å². The second-order valence-corrected chi connectivity index (χ2v) is 5.77. The molecule has 0 aromatic carbocycles. The predicted octanol–water partition coefficient (Wildman–Crippen LogP) is 0.176. The molecule has 2 amide bonds. The average Bonchev–Trinajstić information content (AvgIpc) is 2.93. The minimum Gasteiger partial charge on any atom is -0.395 e. The summed E-state index contributed by atoms with van der Waals surface area (Å²) in [7, 11) is 0. The molecule has 4 atom stereocenters. The van der Waals surface area contributed by atoms with E-state index in [1.165, 1.54) is 17.7 Å². The summed E-state index contributed by atoms with van der Waals surface area (Å²) >= 11 is 0. The predicted molar refractivity (Wildman–Crippen MR) is 58.6 cm³/mol. The first-order chi connectivity index (χ1) is 8.20. The zero-order valence-corrected chi connectivity index (χ0v) is 9.50. The third kappa shape index (κ3) is 0.910. The van der Waals surface area contributed by atoms with Gasteiger partial charge in [0.1, 0.15) is 0 Å². The number of imide groups is 1. The molecule has 4 aliphatic rings. The molecular formula is C13H15NO3. The first-order valence-electron chi connectivity index (χ1n) is 6.35. The maximum atomic E-state index is 12.3. The van der Waals surface area contributed by atoms with E-state index < -0.39 is 0 Å². The van der Waals surface area contributed by atoms with Crippen LogP contribution in [0.4, 0.5) is 0 Å². The monoisotopic (exact) mass is 233 g/mol. The standard InChI is InChI=1S/C13H15NO3/c15-6-5-14-11(16)9-7-1-2-8(10(9)12(14)17)13(7)3-4-13/h1-2,7-10,15H,3-6H2/t7-,8-,9+,10+/m0/s1. The zero-order chi connectivity index (χ0) is 11.8. The van der Waals surface area contributed by atoms with Crippen molar-refractivity contribution in [1.82, 2.24) is 4.90 Å². The number of aliphatic hydroxyl groups is 1. The van der Waals surface area contributed by atoms with Crippen molar-refractivity contribution in [3.05, 3.63) is 12.2 Å². The van der Waals surface area contributed by atoms with E-state index in [-0.39, 0.29) is 54.1 Å². The van der Waals surface area contributed by atoms with Crippen LogP contribution in [0.3, 0.4) is 0 Å². The van der Waals surface area contributed by atoms with E-state index in [2.05, 4.69) is 12.2 Å². The van der Waals surface area contributed by atoms with Crippen LogP contribution < -0.4 is 0 Å². The van der Waals surface area contributed by atoms with Crippen LogP contribution in [-0.2, 0) is 9.59 Å². The highest BCUT2D eigenvalue weighted by Crippen LogP contribution is 2.73. The van der Waals surface area contributed by atoms with Crippen LogP contribution in [0.5, 0.6) is 0 Å². The Morgan fingerprint density at radius 2 is 1.71 bits per heavy atom. The molecule has 1 saturated heterocycles. The molecule has 17 heavy (non-hydrogen) atoms. The molecule has 0 unspecified atom stereocenters. The molecule has 4 nitrogen and oxygen atoms in total. The Morgan fingerprint density at radius 3 is 2.12 bits per heavy atom. The lowest BCUT2D eigenvalue weighted by Gasteiger charge is -2.20. The molecule has 1 heterocycles. The van der Waals surface area contributed by atoms with Crippen LogP contribution in [0.2, 0.25) is 0 Å². The smallest absolute Gasteiger partial charge is 0.233 e. The largest absolute Gasteiger partial charge is 0.395 e. The van der Waals surface area contributed by atoms with Gasteiger partial charge in [0.15, 0.2) is 0 Å². The minimum absolute atomic E-state index is 0.0443. The Balaban J connectivity index is 1.74. The van der Waals surface area contributed by atoms with Crippen LogP contribution in [0.15, 0.2) is 12.2 Å². The van der Waals surface area contributed by atoms with E-state index in [9.17, 15) is 9.59 Å². The van der Waals surface area contributed by atoms with Crippen LogP contribution in [0, 0.1) is 29.1 Å². The van der Waals surface area contributed by atoms with Gasteiger partial charge in [0.05, 0.1) is 25.0 Å². The second-order valence-electron chi connectivity index (χ2n) is 5.77. The number of nitrogens with zero attached hydrogens (tertiary/aromatic N) is 1. The van der Waals surface area contributed by atoms with Crippen LogP contribution >= 0.6 is 0 Å². The number of amides is 2. The molecule has 4 rings (SSSR count). The average molecular weight is 233 g/mol. The van der Waals surface area contributed by atoms with E-state index in [0.29, 0.717) is 0 Å². The Kier molecular flexibility index (Phi) is 1.62. The van der Waals surface area contributed by atoms with E-state index in [1.54, 1.807) is 0 Å². The molecule has 3 fully saturated rings. The summed E-state index contributed by atoms with van der Waals surface area (Å²) in [5, 5.41) is 8.93. The molecule has 1 aliphatic heterocycles. The Bertz CT molecular complexity index is 418. The lowest BCUT2D eigenvalue weighted by molar-refractivity contribution is -0.141. The summed E-state index contributed by atoms with van der Waals surface area (Å²) < 4.78 is 0. The van der Waals surface area contributed by atoms with Crippen molar-refractivity contribution in [3.63, 3.8) is 0 Å². The van der Waals surface area contributed by atoms with Gasteiger partial charge in [-0.2, -0.15) is 0 Å². The summed E-state index contributed by atoms with van der Waals surface area (Å²) in [4.78, 5) is 25.8. The molecule has 2 saturated carbocycles. The van der Waals surface area contributed by atoms with E-state index in [1.807, 2.05) is 0 Å². The van der Waals surface area contributed by atoms with Gasteiger partial charge in [-0.05, 0) is 30.1 Å². The lowest BCUT2D eigenvalue weighted by atomic mass is 9.85. The molecule has 4 heteroatoms. The van der Waals surface area contributed by atoms with Crippen molar-refractivity contribution < 1.29 is 14.7 Å². The maximum Gasteiger partial charge on any atom is 0.233 e. The topological polar surface area (TPSA) is 57.6 Å². The van der Waals surface area contributed by atoms with E-state index >= 15 is 0 Å². The molecule has 0 aromatic rings. The fraction of sp³-hybridized carbons (Fsp3) is 0.692. The Morgan fingerprint density at radius 1 is 1.18 bits per heavy atom. The van der Waals surface area contributed by atoms with Crippen molar-refractivity contribution in [2.45, 2.75) is 12.8 Å². The SMILES string of the molecule is O=C1[C@H]2[C@H](C(=O)N1CCO)[C@@H]1C=C[C@@H]2C12CC2. The van der Waals surface area contributed by atoms with Crippen LogP contribution in [-0.4, -0.2) is 35.0 Å². The van der Waals surface area contributed by atoms with Gasteiger partial charge in [-0.25, -0.2) is 0 Å². The molecular weight excluding hydrogens is 218 g/mol.